The molecule has 1 atom stereocenters. The minimum absolute atomic E-state index is 0.183. The number of hydrogen-bond donors (Lipinski definition) is 0. The van der Waals surface area contributed by atoms with Crippen LogP contribution in [0.5, 0.6) is 0 Å². The third-order valence-corrected chi connectivity index (χ3v) is 10.2. The molecule has 1 unspecified atom stereocenters. The Morgan fingerprint density at radius 3 is 2.35 bits per heavy atom. The fourth-order valence-corrected chi connectivity index (χ4v) is 7.30. The SMILES string of the molecule is O=S(=O)(C1CC1)N1CC=C(c2ccc(C3CC(C(F)(F)C(F)(F)F)=NN3c3ccc(F)cc3F)s2)CC1. The summed E-state index contributed by atoms with van der Waals surface area (Å²) in [7, 11) is -3.33. The van der Waals surface area contributed by atoms with E-state index in [0.717, 1.165) is 34.1 Å². The van der Waals surface area contributed by atoms with Gasteiger partial charge in [-0.1, -0.05) is 6.08 Å². The highest BCUT2D eigenvalue weighted by molar-refractivity contribution is 7.90. The Labute approximate surface area is 211 Å². The zero-order valence-electron chi connectivity index (χ0n) is 19.0. The maximum Gasteiger partial charge on any atom is 0.459 e. The van der Waals surface area contributed by atoms with E-state index in [4.69, 9.17) is 0 Å². The molecular weight excluding hydrogens is 547 g/mol. The Kier molecular flexibility index (Phi) is 6.43. The summed E-state index contributed by atoms with van der Waals surface area (Å²) in [5.74, 6) is -7.34. The minimum Gasteiger partial charge on any atom is -0.254 e. The van der Waals surface area contributed by atoms with Gasteiger partial charge in [-0.2, -0.15) is 31.4 Å². The van der Waals surface area contributed by atoms with Gasteiger partial charge in [-0.05, 0) is 49.1 Å². The predicted molar refractivity (Wildman–Crippen MR) is 125 cm³/mol. The quantitative estimate of drug-likeness (QED) is 0.396. The lowest BCUT2D eigenvalue weighted by Crippen LogP contribution is -2.43. The molecule has 0 bridgehead atoms. The molecule has 0 N–H and O–H groups in total. The highest BCUT2D eigenvalue weighted by Gasteiger charge is 2.63. The van der Waals surface area contributed by atoms with Crippen LogP contribution in [0.15, 0.2) is 41.5 Å². The van der Waals surface area contributed by atoms with Gasteiger partial charge in [-0.15, -0.1) is 11.3 Å². The second-order valence-electron chi connectivity index (χ2n) is 9.06. The standard InChI is InChI=1S/C23H20F7N3O2S2/c24-14-1-4-17(16(25)11-14)33-18(12-21(31-33)22(26,27)23(28,29)30)20-6-5-19(36-20)13-7-9-32(10-8-13)37(34,35)15-2-3-15/h1,4-7,11,15,18H,2-3,8-10,12H2. The van der Waals surface area contributed by atoms with Crippen molar-refractivity contribution in [3.05, 3.63) is 57.8 Å². The first-order valence-corrected chi connectivity index (χ1v) is 13.7. The molecule has 1 aromatic carbocycles. The second kappa shape index (κ2) is 9.09. The van der Waals surface area contributed by atoms with E-state index in [9.17, 15) is 39.2 Å². The smallest absolute Gasteiger partial charge is 0.254 e. The van der Waals surface area contributed by atoms with Crippen molar-refractivity contribution >= 4 is 38.3 Å². The van der Waals surface area contributed by atoms with Crippen molar-refractivity contribution in [3.8, 4) is 0 Å². The second-order valence-corrected chi connectivity index (χ2v) is 12.4. The molecular formula is C23H20F7N3O2S2. The molecule has 1 aliphatic carbocycles. The summed E-state index contributed by atoms with van der Waals surface area (Å²) in [6.07, 6.45) is -3.27. The van der Waals surface area contributed by atoms with Gasteiger partial charge in [-0.25, -0.2) is 17.2 Å². The van der Waals surface area contributed by atoms with Crippen LogP contribution in [0.2, 0.25) is 0 Å². The summed E-state index contributed by atoms with van der Waals surface area (Å²) < 4.78 is 122. The molecule has 5 rings (SSSR count). The van der Waals surface area contributed by atoms with E-state index in [-0.39, 0.29) is 18.3 Å². The molecule has 5 nitrogen and oxygen atoms in total. The summed E-state index contributed by atoms with van der Waals surface area (Å²) in [4.78, 5) is 1.04. The lowest BCUT2D eigenvalue weighted by Gasteiger charge is -2.25. The molecule has 200 valence electrons. The number of hydrogen-bond acceptors (Lipinski definition) is 5. The molecule has 2 aliphatic heterocycles. The minimum atomic E-state index is -5.89. The van der Waals surface area contributed by atoms with Gasteiger partial charge in [0.1, 0.15) is 11.5 Å². The van der Waals surface area contributed by atoms with Crippen LogP contribution < -0.4 is 5.01 Å². The van der Waals surface area contributed by atoms with Gasteiger partial charge in [0.25, 0.3) is 0 Å². The normalized spacial score (nSPS) is 21.8. The highest BCUT2D eigenvalue weighted by atomic mass is 32.2. The van der Waals surface area contributed by atoms with E-state index >= 15 is 0 Å². The van der Waals surface area contributed by atoms with Crippen LogP contribution in [0.4, 0.5) is 36.4 Å². The number of sulfonamides is 1. The van der Waals surface area contributed by atoms with Crippen LogP contribution >= 0.6 is 11.3 Å². The van der Waals surface area contributed by atoms with Crippen molar-refractivity contribution in [2.75, 3.05) is 18.1 Å². The largest absolute Gasteiger partial charge is 0.459 e. The molecule has 0 radical (unpaired) electrons. The number of rotatable bonds is 6. The van der Waals surface area contributed by atoms with Gasteiger partial charge in [0, 0.05) is 35.3 Å². The predicted octanol–water partition coefficient (Wildman–Crippen LogP) is 6.11. The highest BCUT2D eigenvalue weighted by Crippen LogP contribution is 2.47. The Balaban J connectivity index is 1.43. The van der Waals surface area contributed by atoms with E-state index in [1.807, 2.05) is 0 Å². The molecule has 2 aromatic rings. The molecule has 0 saturated heterocycles. The van der Waals surface area contributed by atoms with Crippen molar-refractivity contribution in [1.29, 1.82) is 0 Å². The van der Waals surface area contributed by atoms with Crippen molar-refractivity contribution in [2.24, 2.45) is 5.10 Å². The summed E-state index contributed by atoms with van der Waals surface area (Å²) in [6.45, 7) is 0.460. The van der Waals surface area contributed by atoms with E-state index in [2.05, 4.69) is 5.10 Å². The summed E-state index contributed by atoms with van der Waals surface area (Å²) in [5, 5.41) is 3.86. The average molecular weight is 568 g/mol. The monoisotopic (exact) mass is 567 g/mol. The fourth-order valence-electron chi connectivity index (χ4n) is 4.36. The molecule has 1 fully saturated rings. The average Bonchev–Trinajstić information content (AvgIpc) is 3.42. The van der Waals surface area contributed by atoms with Crippen LogP contribution in [-0.2, 0) is 10.0 Å². The van der Waals surface area contributed by atoms with Crippen LogP contribution in [0.25, 0.3) is 5.57 Å². The van der Waals surface area contributed by atoms with Crippen molar-refractivity contribution < 1.29 is 39.2 Å². The number of anilines is 1. The third kappa shape index (κ3) is 4.78. The van der Waals surface area contributed by atoms with Crippen molar-refractivity contribution in [1.82, 2.24) is 4.31 Å². The van der Waals surface area contributed by atoms with Crippen LogP contribution in [-0.4, -0.2) is 48.9 Å². The first-order valence-electron chi connectivity index (χ1n) is 11.3. The number of nitrogens with zero attached hydrogens (tertiary/aromatic N) is 3. The number of hydrazone groups is 1. The lowest BCUT2D eigenvalue weighted by atomic mass is 10.0. The molecule has 14 heteroatoms. The van der Waals surface area contributed by atoms with Gasteiger partial charge in [-0.3, -0.25) is 5.01 Å². The Morgan fingerprint density at radius 1 is 1.03 bits per heavy atom. The van der Waals surface area contributed by atoms with E-state index in [1.165, 1.54) is 10.4 Å². The van der Waals surface area contributed by atoms with Gasteiger partial charge >= 0.3 is 12.1 Å². The summed E-state index contributed by atoms with van der Waals surface area (Å²) >= 11 is 1.12. The Bertz CT molecular complexity index is 1380. The topological polar surface area (TPSA) is 53.0 Å². The molecule has 0 spiro atoms. The number of halogens is 7. The van der Waals surface area contributed by atoms with E-state index in [0.29, 0.717) is 35.1 Å². The Hall–Kier alpha value is -2.45. The maximum absolute atomic E-state index is 14.5. The number of benzene rings is 1. The molecule has 37 heavy (non-hydrogen) atoms. The van der Waals surface area contributed by atoms with Crippen LogP contribution in [0.3, 0.4) is 0 Å². The van der Waals surface area contributed by atoms with E-state index in [1.54, 1.807) is 12.1 Å². The zero-order chi connectivity index (χ0) is 26.8. The lowest BCUT2D eigenvalue weighted by molar-refractivity contribution is -0.249. The summed E-state index contributed by atoms with van der Waals surface area (Å²) in [6, 6.07) is 4.31. The van der Waals surface area contributed by atoms with Crippen LogP contribution in [0, 0.1) is 11.6 Å². The molecule has 0 amide bonds. The Morgan fingerprint density at radius 2 is 1.76 bits per heavy atom. The molecule has 3 aliphatic rings. The fraction of sp³-hybridized carbons (Fsp3) is 0.435. The molecule has 1 saturated carbocycles. The number of thiophene rings is 1. The van der Waals surface area contributed by atoms with Crippen molar-refractivity contribution in [2.45, 2.75) is 49.1 Å². The molecule has 1 aromatic heterocycles. The molecule has 3 heterocycles. The number of alkyl halides is 5. The maximum atomic E-state index is 14.5. The van der Waals surface area contributed by atoms with Gasteiger partial charge in [0.15, 0.2) is 5.82 Å². The van der Waals surface area contributed by atoms with Crippen LogP contribution in [0.1, 0.15) is 41.5 Å². The van der Waals surface area contributed by atoms with Gasteiger partial charge < -0.3 is 0 Å². The first kappa shape index (κ1) is 26.2. The first-order chi connectivity index (χ1) is 17.3. The zero-order valence-corrected chi connectivity index (χ0v) is 20.6. The van der Waals surface area contributed by atoms with E-state index < -0.39 is 57.6 Å². The van der Waals surface area contributed by atoms with Crippen molar-refractivity contribution in [3.63, 3.8) is 0 Å². The van der Waals surface area contributed by atoms with Gasteiger partial charge in [0.05, 0.1) is 17.0 Å². The summed E-state index contributed by atoms with van der Waals surface area (Å²) in [5.41, 5.74) is -1.09. The van der Waals surface area contributed by atoms with Gasteiger partial charge in [0.2, 0.25) is 10.0 Å². The third-order valence-electron chi connectivity index (χ3n) is 6.53.